The van der Waals surface area contributed by atoms with Gasteiger partial charge >= 0.3 is 0 Å². The van der Waals surface area contributed by atoms with Crippen LogP contribution in [0.5, 0.6) is 0 Å². The van der Waals surface area contributed by atoms with Crippen LogP contribution in [0, 0.1) is 6.92 Å². The molecule has 4 heteroatoms. The van der Waals surface area contributed by atoms with E-state index in [1.807, 2.05) is 30.0 Å². The maximum absolute atomic E-state index is 12.4. The van der Waals surface area contributed by atoms with E-state index in [1.165, 1.54) is 0 Å². The van der Waals surface area contributed by atoms with Gasteiger partial charge in [0.1, 0.15) is 0 Å². The summed E-state index contributed by atoms with van der Waals surface area (Å²) >= 11 is 3.42. The van der Waals surface area contributed by atoms with Crippen molar-refractivity contribution in [3.05, 3.63) is 33.8 Å². The number of aryl methyl sites for hydroxylation is 1. The van der Waals surface area contributed by atoms with Gasteiger partial charge in [-0.15, -0.1) is 0 Å². The van der Waals surface area contributed by atoms with Gasteiger partial charge in [-0.2, -0.15) is 0 Å². The molecule has 17 heavy (non-hydrogen) atoms. The summed E-state index contributed by atoms with van der Waals surface area (Å²) in [5.41, 5.74) is 1.83. The Morgan fingerprint density at radius 3 is 2.94 bits per heavy atom. The molecule has 0 saturated carbocycles. The maximum Gasteiger partial charge on any atom is 0.254 e. The number of carbonyl (C=O) groups excluding carboxylic acids is 1. The number of rotatable bonds is 1. The minimum Gasteiger partial charge on any atom is -0.333 e. The van der Waals surface area contributed by atoms with E-state index in [-0.39, 0.29) is 11.9 Å². The zero-order valence-electron chi connectivity index (χ0n) is 10.2. The van der Waals surface area contributed by atoms with Crippen molar-refractivity contribution in [1.82, 2.24) is 10.2 Å². The van der Waals surface area contributed by atoms with Crippen LogP contribution in [0.3, 0.4) is 0 Å². The van der Waals surface area contributed by atoms with Crippen LogP contribution in [0.15, 0.2) is 22.7 Å². The Kier molecular flexibility index (Phi) is 3.84. The number of halogens is 1. The third kappa shape index (κ3) is 2.69. The summed E-state index contributed by atoms with van der Waals surface area (Å²) < 4.78 is 1.01. The molecule has 3 nitrogen and oxygen atoms in total. The van der Waals surface area contributed by atoms with Gasteiger partial charge in [0.05, 0.1) is 0 Å². The highest BCUT2D eigenvalue weighted by molar-refractivity contribution is 9.10. The van der Waals surface area contributed by atoms with Crippen LogP contribution >= 0.6 is 15.9 Å². The Hall–Kier alpha value is -0.870. The average molecular weight is 297 g/mol. The maximum atomic E-state index is 12.4. The van der Waals surface area contributed by atoms with Crippen molar-refractivity contribution >= 4 is 21.8 Å². The average Bonchev–Trinajstić information content (AvgIpc) is 2.29. The van der Waals surface area contributed by atoms with Gasteiger partial charge in [0, 0.05) is 35.7 Å². The summed E-state index contributed by atoms with van der Waals surface area (Å²) in [4.78, 5) is 14.4. The summed E-state index contributed by atoms with van der Waals surface area (Å²) in [6.45, 7) is 6.60. The van der Waals surface area contributed by atoms with Gasteiger partial charge in [-0.3, -0.25) is 4.79 Å². The standard InChI is InChI=1S/C13H17BrN2O/c1-9-7-11(14)3-4-12(9)13(17)16-6-5-15-8-10(16)2/h3-4,7,10,15H,5-6,8H2,1-2H3/t10-/m1/s1. The van der Waals surface area contributed by atoms with Gasteiger partial charge in [0.2, 0.25) is 0 Å². The van der Waals surface area contributed by atoms with Crippen molar-refractivity contribution in [3.8, 4) is 0 Å². The summed E-state index contributed by atoms with van der Waals surface area (Å²) in [6, 6.07) is 6.07. The van der Waals surface area contributed by atoms with E-state index in [2.05, 4.69) is 28.2 Å². The molecule has 1 saturated heterocycles. The monoisotopic (exact) mass is 296 g/mol. The summed E-state index contributed by atoms with van der Waals surface area (Å²) in [5, 5.41) is 3.29. The van der Waals surface area contributed by atoms with Crippen LogP contribution < -0.4 is 5.32 Å². The van der Waals surface area contributed by atoms with Gasteiger partial charge in [0.15, 0.2) is 0 Å². The van der Waals surface area contributed by atoms with E-state index in [4.69, 9.17) is 0 Å². The number of benzene rings is 1. The third-order valence-electron chi connectivity index (χ3n) is 3.18. The first-order chi connectivity index (χ1) is 8.09. The summed E-state index contributed by atoms with van der Waals surface area (Å²) in [7, 11) is 0. The van der Waals surface area contributed by atoms with Crippen LogP contribution in [-0.4, -0.2) is 36.5 Å². The van der Waals surface area contributed by atoms with E-state index >= 15 is 0 Å². The molecule has 2 rings (SSSR count). The fourth-order valence-corrected chi connectivity index (χ4v) is 2.64. The second kappa shape index (κ2) is 5.19. The molecule has 1 aromatic carbocycles. The van der Waals surface area contributed by atoms with Crippen LogP contribution in [0.25, 0.3) is 0 Å². The van der Waals surface area contributed by atoms with Gasteiger partial charge < -0.3 is 10.2 Å². The third-order valence-corrected chi connectivity index (χ3v) is 3.67. The molecular formula is C13H17BrN2O. The van der Waals surface area contributed by atoms with E-state index in [1.54, 1.807) is 0 Å². The smallest absolute Gasteiger partial charge is 0.254 e. The molecule has 1 heterocycles. The fourth-order valence-electron chi connectivity index (χ4n) is 2.16. The van der Waals surface area contributed by atoms with Crippen molar-refractivity contribution in [2.75, 3.05) is 19.6 Å². The summed E-state index contributed by atoms with van der Waals surface area (Å²) in [5.74, 6) is 0.143. The Balaban J connectivity index is 2.24. The Morgan fingerprint density at radius 1 is 1.53 bits per heavy atom. The number of hydrogen-bond acceptors (Lipinski definition) is 2. The second-order valence-electron chi connectivity index (χ2n) is 4.51. The first kappa shape index (κ1) is 12.6. The van der Waals surface area contributed by atoms with Gasteiger partial charge in [-0.25, -0.2) is 0 Å². The molecule has 1 atom stereocenters. The number of carbonyl (C=O) groups is 1. The lowest BCUT2D eigenvalue weighted by molar-refractivity contribution is 0.0655. The first-order valence-electron chi connectivity index (χ1n) is 5.87. The van der Waals surface area contributed by atoms with Gasteiger partial charge in [0.25, 0.3) is 5.91 Å². The van der Waals surface area contributed by atoms with E-state index < -0.39 is 0 Å². The van der Waals surface area contributed by atoms with Crippen LogP contribution in [0.4, 0.5) is 0 Å². The molecule has 0 bridgehead atoms. The number of nitrogens with zero attached hydrogens (tertiary/aromatic N) is 1. The quantitative estimate of drug-likeness (QED) is 0.862. The minimum absolute atomic E-state index is 0.143. The van der Waals surface area contributed by atoms with Gasteiger partial charge in [-0.1, -0.05) is 15.9 Å². The predicted octanol–water partition coefficient (Wildman–Crippen LogP) is 2.19. The van der Waals surface area contributed by atoms with E-state index in [0.717, 1.165) is 35.2 Å². The van der Waals surface area contributed by atoms with E-state index in [9.17, 15) is 4.79 Å². The zero-order valence-corrected chi connectivity index (χ0v) is 11.8. The van der Waals surface area contributed by atoms with E-state index in [0.29, 0.717) is 0 Å². The van der Waals surface area contributed by atoms with Gasteiger partial charge in [-0.05, 0) is 37.6 Å². The molecule has 0 radical (unpaired) electrons. The molecule has 1 N–H and O–H groups in total. The highest BCUT2D eigenvalue weighted by Crippen LogP contribution is 2.18. The van der Waals surface area contributed by atoms with Crippen molar-refractivity contribution in [2.45, 2.75) is 19.9 Å². The number of amides is 1. The number of nitrogens with one attached hydrogen (secondary N) is 1. The molecule has 1 aliphatic heterocycles. The van der Waals surface area contributed by atoms with Crippen molar-refractivity contribution in [1.29, 1.82) is 0 Å². The van der Waals surface area contributed by atoms with Crippen molar-refractivity contribution < 1.29 is 4.79 Å². The van der Waals surface area contributed by atoms with Crippen molar-refractivity contribution in [3.63, 3.8) is 0 Å². The van der Waals surface area contributed by atoms with Crippen LogP contribution in [0.1, 0.15) is 22.8 Å². The SMILES string of the molecule is Cc1cc(Br)ccc1C(=O)N1CCNC[C@H]1C. The second-order valence-corrected chi connectivity index (χ2v) is 5.43. The first-order valence-corrected chi connectivity index (χ1v) is 6.66. The molecule has 92 valence electrons. The zero-order chi connectivity index (χ0) is 12.4. The lowest BCUT2D eigenvalue weighted by atomic mass is 10.1. The Bertz CT molecular complexity index is 433. The Labute approximate surface area is 110 Å². The largest absolute Gasteiger partial charge is 0.333 e. The van der Waals surface area contributed by atoms with Crippen molar-refractivity contribution in [2.24, 2.45) is 0 Å². The highest BCUT2D eigenvalue weighted by Gasteiger charge is 2.24. The minimum atomic E-state index is 0.143. The lowest BCUT2D eigenvalue weighted by Crippen LogP contribution is -2.52. The molecule has 1 aliphatic rings. The predicted molar refractivity (Wildman–Crippen MR) is 72.2 cm³/mol. The molecule has 0 aliphatic carbocycles. The molecule has 1 aromatic rings. The number of hydrogen-bond donors (Lipinski definition) is 1. The topological polar surface area (TPSA) is 32.3 Å². The summed E-state index contributed by atoms with van der Waals surface area (Å²) in [6.07, 6.45) is 0. The van der Waals surface area contributed by atoms with Crippen LogP contribution in [-0.2, 0) is 0 Å². The molecule has 0 aromatic heterocycles. The Morgan fingerprint density at radius 2 is 2.29 bits per heavy atom. The molecule has 0 unspecified atom stereocenters. The molecule has 0 spiro atoms. The normalized spacial score (nSPS) is 20.4. The fraction of sp³-hybridized carbons (Fsp3) is 0.462. The highest BCUT2D eigenvalue weighted by atomic mass is 79.9. The number of piperazine rings is 1. The lowest BCUT2D eigenvalue weighted by Gasteiger charge is -2.34. The van der Waals surface area contributed by atoms with Crippen LogP contribution in [0.2, 0.25) is 0 Å². The molecular weight excluding hydrogens is 280 g/mol. The molecule has 1 fully saturated rings. The molecule has 1 amide bonds.